The zero-order chi connectivity index (χ0) is 18.1. The van der Waals surface area contributed by atoms with Gasteiger partial charge in [0, 0.05) is 26.3 Å². The van der Waals surface area contributed by atoms with Crippen molar-refractivity contribution < 1.29 is 9.84 Å². The summed E-state index contributed by atoms with van der Waals surface area (Å²) in [5.74, 6) is 0.772. The van der Waals surface area contributed by atoms with Gasteiger partial charge >= 0.3 is 0 Å². The van der Waals surface area contributed by atoms with E-state index in [-0.39, 0.29) is 6.61 Å². The molecule has 0 amide bonds. The van der Waals surface area contributed by atoms with Crippen LogP contribution in [-0.2, 0) is 6.54 Å². The molecule has 0 saturated carbocycles. The lowest BCUT2D eigenvalue weighted by Gasteiger charge is -2.15. The highest BCUT2D eigenvalue weighted by atomic mass is 79.9. The standard InChI is InChI=1S/C22H20BrNO2/c1-15-7-9-21-19(11-15)20-12-16(23)8-10-22(20)24(21)13-17(25)14-26-18-5-3-2-4-6-18/h2-12,17,25H,13-14H2,1H3/t17-/m1/s1. The third-order valence-electron chi connectivity index (χ3n) is 4.56. The van der Waals surface area contributed by atoms with E-state index in [2.05, 4.69) is 57.8 Å². The topological polar surface area (TPSA) is 34.4 Å². The average molecular weight is 410 g/mol. The van der Waals surface area contributed by atoms with Crippen LogP contribution in [0, 0.1) is 6.92 Å². The van der Waals surface area contributed by atoms with Crippen LogP contribution in [0.25, 0.3) is 21.8 Å². The van der Waals surface area contributed by atoms with E-state index in [9.17, 15) is 5.11 Å². The maximum Gasteiger partial charge on any atom is 0.119 e. The molecular weight excluding hydrogens is 390 g/mol. The van der Waals surface area contributed by atoms with Crippen LogP contribution in [0.4, 0.5) is 0 Å². The summed E-state index contributed by atoms with van der Waals surface area (Å²) in [7, 11) is 0. The molecule has 0 bridgehead atoms. The number of aliphatic hydroxyl groups is 1. The Balaban J connectivity index is 1.66. The fourth-order valence-electron chi connectivity index (χ4n) is 3.36. The number of halogens is 1. The first kappa shape index (κ1) is 17.1. The minimum Gasteiger partial charge on any atom is -0.491 e. The SMILES string of the molecule is Cc1ccc2c(c1)c1cc(Br)ccc1n2C[C@@H](O)COc1ccccc1. The Morgan fingerprint density at radius 3 is 2.42 bits per heavy atom. The number of rotatable bonds is 5. The fourth-order valence-corrected chi connectivity index (χ4v) is 3.72. The van der Waals surface area contributed by atoms with Crippen LogP contribution < -0.4 is 4.74 Å². The van der Waals surface area contributed by atoms with Crippen molar-refractivity contribution in [3.8, 4) is 5.75 Å². The minimum absolute atomic E-state index is 0.258. The Bertz CT molecular complexity index is 997. The highest BCUT2D eigenvalue weighted by Gasteiger charge is 2.15. The van der Waals surface area contributed by atoms with Crippen LogP contribution in [0.3, 0.4) is 0 Å². The predicted molar refractivity (Wildman–Crippen MR) is 110 cm³/mol. The van der Waals surface area contributed by atoms with Crippen LogP contribution in [0.5, 0.6) is 5.75 Å². The molecule has 1 atom stereocenters. The number of fused-ring (bicyclic) bond motifs is 3. The van der Waals surface area contributed by atoms with Crippen molar-refractivity contribution in [1.29, 1.82) is 0 Å². The summed E-state index contributed by atoms with van der Waals surface area (Å²) < 4.78 is 8.94. The lowest BCUT2D eigenvalue weighted by Crippen LogP contribution is -2.23. The molecule has 132 valence electrons. The van der Waals surface area contributed by atoms with E-state index >= 15 is 0 Å². The van der Waals surface area contributed by atoms with Crippen molar-refractivity contribution in [2.45, 2.75) is 19.6 Å². The van der Waals surface area contributed by atoms with E-state index in [0.717, 1.165) is 21.3 Å². The molecule has 0 aliphatic heterocycles. The summed E-state index contributed by atoms with van der Waals surface area (Å²) in [6, 6.07) is 22.3. The van der Waals surface area contributed by atoms with Crippen LogP contribution in [0.15, 0.2) is 71.2 Å². The normalized spacial score (nSPS) is 12.6. The van der Waals surface area contributed by atoms with Gasteiger partial charge in [-0.25, -0.2) is 0 Å². The van der Waals surface area contributed by atoms with E-state index in [0.29, 0.717) is 6.54 Å². The van der Waals surface area contributed by atoms with Crippen LogP contribution in [-0.4, -0.2) is 22.4 Å². The van der Waals surface area contributed by atoms with E-state index in [1.54, 1.807) is 0 Å². The number of hydrogen-bond acceptors (Lipinski definition) is 2. The van der Waals surface area contributed by atoms with Gasteiger partial charge in [0.25, 0.3) is 0 Å². The Morgan fingerprint density at radius 2 is 1.65 bits per heavy atom. The Hall–Kier alpha value is -2.30. The number of aromatic nitrogens is 1. The number of aryl methyl sites for hydroxylation is 1. The van der Waals surface area contributed by atoms with Gasteiger partial charge in [-0.2, -0.15) is 0 Å². The highest BCUT2D eigenvalue weighted by molar-refractivity contribution is 9.10. The van der Waals surface area contributed by atoms with Crippen molar-refractivity contribution in [2.24, 2.45) is 0 Å². The molecule has 0 fully saturated rings. The molecule has 1 heterocycles. The average Bonchev–Trinajstić information content (AvgIpc) is 2.93. The third kappa shape index (κ3) is 3.35. The zero-order valence-corrected chi connectivity index (χ0v) is 16.1. The van der Waals surface area contributed by atoms with Crippen molar-refractivity contribution in [3.63, 3.8) is 0 Å². The first-order valence-electron chi connectivity index (χ1n) is 8.66. The molecule has 0 saturated heterocycles. The largest absolute Gasteiger partial charge is 0.491 e. The van der Waals surface area contributed by atoms with Gasteiger partial charge in [0.05, 0.1) is 6.54 Å². The highest BCUT2D eigenvalue weighted by Crippen LogP contribution is 2.32. The van der Waals surface area contributed by atoms with E-state index in [1.807, 2.05) is 36.4 Å². The second-order valence-corrected chi connectivity index (χ2v) is 7.49. The molecule has 3 aromatic carbocycles. The van der Waals surface area contributed by atoms with Gasteiger partial charge in [0.2, 0.25) is 0 Å². The monoisotopic (exact) mass is 409 g/mol. The Morgan fingerprint density at radius 1 is 0.962 bits per heavy atom. The number of benzene rings is 3. The van der Waals surface area contributed by atoms with E-state index < -0.39 is 6.10 Å². The lowest BCUT2D eigenvalue weighted by atomic mass is 10.1. The number of para-hydroxylation sites is 1. The molecule has 26 heavy (non-hydrogen) atoms. The smallest absolute Gasteiger partial charge is 0.119 e. The molecule has 1 N–H and O–H groups in total. The van der Waals surface area contributed by atoms with Crippen LogP contribution in [0.2, 0.25) is 0 Å². The van der Waals surface area contributed by atoms with Crippen molar-refractivity contribution in [3.05, 3.63) is 76.8 Å². The minimum atomic E-state index is -0.598. The third-order valence-corrected chi connectivity index (χ3v) is 5.05. The summed E-state index contributed by atoms with van der Waals surface area (Å²) >= 11 is 3.57. The summed E-state index contributed by atoms with van der Waals surface area (Å²) in [6.45, 7) is 2.84. The molecule has 0 aliphatic carbocycles. The summed E-state index contributed by atoms with van der Waals surface area (Å²) in [6.07, 6.45) is -0.598. The zero-order valence-electron chi connectivity index (χ0n) is 14.5. The van der Waals surface area contributed by atoms with Crippen LogP contribution in [0.1, 0.15) is 5.56 Å². The molecule has 0 radical (unpaired) electrons. The second kappa shape index (κ2) is 7.14. The first-order chi connectivity index (χ1) is 12.6. The van der Waals surface area contributed by atoms with Crippen LogP contribution >= 0.6 is 15.9 Å². The Labute approximate surface area is 161 Å². The van der Waals surface area contributed by atoms with Gasteiger partial charge in [0.1, 0.15) is 18.5 Å². The van der Waals surface area contributed by atoms with Gasteiger partial charge in [-0.15, -0.1) is 0 Å². The van der Waals surface area contributed by atoms with E-state index in [4.69, 9.17) is 4.74 Å². The van der Waals surface area contributed by atoms with Crippen molar-refractivity contribution in [2.75, 3.05) is 6.61 Å². The molecule has 4 heteroatoms. The van der Waals surface area contributed by atoms with Crippen molar-refractivity contribution in [1.82, 2.24) is 4.57 Å². The molecule has 0 aliphatic rings. The van der Waals surface area contributed by atoms with Crippen molar-refractivity contribution >= 4 is 37.7 Å². The molecule has 0 unspecified atom stereocenters. The predicted octanol–water partition coefficient (Wildman–Crippen LogP) is 5.31. The van der Waals surface area contributed by atoms with Gasteiger partial charge < -0.3 is 14.4 Å². The molecule has 3 nitrogen and oxygen atoms in total. The lowest BCUT2D eigenvalue weighted by molar-refractivity contribution is 0.0945. The molecular formula is C22H20BrNO2. The van der Waals surface area contributed by atoms with Gasteiger partial charge in [-0.3, -0.25) is 0 Å². The molecule has 4 rings (SSSR count). The van der Waals surface area contributed by atoms with Gasteiger partial charge in [-0.1, -0.05) is 45.8 Å². The summed E-state index contributed by atoms with van der Waals surface area (Å²) in [5, 5.41) is 13.0. The maximum absolute atomic E-state index is 10.6. The Kier molecular flexibility index (Phi) is 4.70. The second-order valence-electron chi connectivity index (χ2n) is 6.57. The first-order valence-corrected chi connectivity index (χ1v) is 9.45. The molecule has 0 spiro atoms. The maximum atomic E-state index is 10.6. The number of nitrogens with zero attached hydrogens (tertiary/aromatic N) is 1. The van der Waals surface area contributed by atoms with Gasteiger partial charge in [-0.05, 0) is 49.4 Å². The molecule has 4 aromatic rings. The van der Waals surface area contributed by atoms with Gasteiger partial charge in [0.15, 0.2) is 0 Å². The summed E-state index contributed by atoms with van der Waals surface area (Å²) in [5.41, 5.74) is 3.47. The fraction of sp³-hybridized carbons (Fsp3) is 0.182. The quantitative estimate of drug-likeness (QED) is 0.484. The number of ether oxygens (including phenoxy) is 1. The number of aliphatic hydroxyl groups excluding tert-OH is 1. The number of hydrogen-bond donors (Lipinski definition) is 1. The summed E-state index contributed by atoms with van der Waals surface area (Å²) in [4.78, 5) is 0. The molecule has 1 aromatic heterocycles. The van der Waals surface area contributed by atoms with E-state index in [1.165, 1.54) is 16.3 Å².